The lowest BCUT2D eigenvalue weighted by atomic mass is 9.84. The Balaban J connectivity index is 1.41. The number of likely N-dealkylation sites (N-methyl/N-ethyl adjacent to an activating group) is 1. The van der Waals surface area contributed by atoms with E-state index in [4.69, 9.17) is 23.2 Å². The number of benzene rings is 3. The fraction of sp³-hybridized carbons (Fsp3) is 0.355. The molecule has 1 aliphatic heterocycles. The van der Waals surface area contributed by atoms with Crippen LogP contribution in [0.5, 0.6) is 0 Å². The number of piperidine rings is 1. The lowest BCUT2D eigenvalue weighted by Crippen LogP contribution is -2.43. The van der Waals surface area contributed by atoms with Gasteiger partial charge in [-0.2, -0.15) is 0 Å². The van der Waals surface area contributed by atoms with Crippen molar-refractivity contribution < 1.29 is 14.7 Å². The molecule has 212 valence electrons. The molecule has 2 N–H and O–H groups in total. The third-order valence-electron chi connectivity index (χ3n) is 7.58. The largest absolute Gasteiger partial charge is 0.385 e. The van der Waals surface area contributed by atoms with Crippen molar-refractivity contribution in [1.29, 1.82) is 0 Å². The highest BCUT2D eigenvalue weighted by Crippen LogP contribution is 2.34. The molecule has 6 nitrogen and oxygen atoms in total. The van der Waals surface area contributed by atoms with Crippen molar-refractivity contribution in [3.63, 3.8) is 0 Å². The van der Waals surface area contributed by atoms with Crippen molar-refractivity contribution in [2.24, 2.45) is 0 Å². The highest BCUT2D eigenvalue weighted by Gasteiger charge is 2.34. The number of hydrogen-bond donors (Lipinski definition) is 2. The Hall–Kier alpha value is -2.42. The highest BCUT2D eigenvalue weighted by atomic mass is 79.9. The number of amides is 2. The summed E-state index contributed by atoms with van der Waals surface area (Å²) in [5, 5.41) is 15.2. The zero-order valence-corrected chi connectivity index (χ0v) is 25.6. The molecule has 3 aromatic rings. The van der Waals surface area contributed by atoms with Gasteiger partial charge in [0, 0.05) is 43.9 Å². The Morgan fingerprint density at radius 3 is 2.33 bits per heavy atom. The summed E-state index contributed by atoms with van der Waals surface area (Å²) in [4.78, 5) is 29.0. The minimum Gasteiger partial charge on any atom is -0.385 e. The summed E-state index contributed by atoms with van der Waals surface area (Å²) in [7, 11) is 1.80. The molecule has 0 aromatic heterocycles. The van der Waals surface area contributed by atoms with E-state index in [0.717, 1.165) is 37.2 Å². The maximum Gasteiger partial charge on any atom is 0.253 e. The van der Waals surface area contributed by atoms with Gasteiger partial charge in [-0.15, -0.1) is 0 Å². The Morgan fingerprint density at radius 2 is 1.70 bits per heavy atom. The number of nitrogens with zero attached hydrogens (tertiary/aromatic N) is 2. The summed E-state index contributed by atoms with van der Waals surface area (Å²) >= 11 is 15.7. The van der Waals surface area contributed by atoms with Gasteiger partial charge in [-0.3, -0.25) is 9.59 Å². The smallest absolute Gasteiger partial charge is 0.253 e. The molecule has 0 unspecified atom stereocenters. The van der Waals surface area contributed by atoms with Crippen molar-refractivity contribution in [1.82, 2.24) is 9.80 Å². The van der Waals surface area contributed by atoms with Gasteiger partial charge in [-0.1, -0.05) is 75.5 Å². The van der Waals surface area contributed by atoms with Crippen LogP contribution in [0.25, 0.3) is 0 Å². The Bertz CT molecular complexity index is 1300. The van der Waals surface area contributed by atoms with Gasteiger partial charge >= 0.3 is 0 Å². The summed E-state index contributed by atoms with van der Waals surface area (Å²) in [6.45, 7) is 2.93. The van der Waals surface area contributed by atoms with Crippen LogP contribution in [0.3, 0.4) is 0 Å². The van der Waals surface area contributed by atoms with Gasteiger partial charge in [0.15, 0.2) is 0 Å². The molecule has 1 fully saturated rings. The molecule has 40 heavy (non-hydrogen) atoms. The molecular formula is C31H34BrCl2N3O3. The van der Waals surface area contributed by atoms with Gasteiger partial charge < -0.3 is 20.2 Å². The number of halogens is 3. The standard InChI is InChI=1S/C31H34BrCl2N3O3/c1-36(30(39)22-7-10-26(11-8-22)35-29(38)20-32)21-24(23-9-12-27(33)28(34)19-23)13-16-37-17-14-31(40,15-18-37)25-5-3-2-4-6-25/h2-12,19,24,40H,13-18,20-21H2,1H3,(H,35,38)/t24-/m0/s1. The van der Waals surface area contributed by atoms with E-state index in [1.165, 1.54) is 0 Å². The van der Waals surface area contributed by atoms with Crippen molar-refractivity contribution in [2.45, 2.75) is 30.8 Å². The maximum absolute atomic E-state index is 13.3. The van der Waals surface area contributed by atoms with Crippen LogP contribution in [-0.2, 0) is 10.4 Å². The number of carbonyl (C=O) groups is 2. The fourth-order valence-corrected chi connectivity index (χ4v) is 5.62. The first-order chi connectivity index (χ1) is 19.2. The molecule has 2 amide bonds. The van der Waals surface area contributed by atoms with Gasteiger partial charge in [0.1, 0.15) is 0 Å². The second-order valence-corrected chi connectivity index (χ2v) is 11.7. The predicted octanol–water partition coefficient (Wildman–Crippen LogP) is 6.56. The van der Waals surface area contributed by atoms with Gasteiger partial charge in [-0.05, 0) is 73.3 Å². The van der Waals surface area contributed by atoms with Gasteiger partial charge in [0.25, 0.3) is 5.91 Å². The third kappa shape index (κ3) is 7.86. The Labute approximate surface area is 254 Å². The minimum atomic E-state index is -0.792. The monoisotopic (exact) mass is 645 g/mol. The summed E-state index contributed by atoms with van der Waals surface area (Å²) in [6.07, 6.45) is 2.18. The first-order valence-corrected chi connectivity index (χ1v) is 15.2. The predicted molar refractivity (Wildman–Crippen MR) is 166 cm³/mol. The van der Waals surface area contributed by atoms with Crippen LogP contribution >= 0.6 is 39.1 Å². The lowest BCUT2D eigenvalue weighted by molar-refractivity contribution is -0.113. The van der Waals surface area contributed by atoms with Crippen molar-refractivity contribution in [2.75, 3.05) is 43.9 Å². The van der Waals surface area contributed by atoms with Crippen LogP contribution in [0, 0.1) is 0 Å². The van der Waals surface area contributed by atoms with Gasteiger partial charge in [0.2, 0.25) is 5.91 Å². The molecule has 4 rings (SSSR count). The summed E-state index contributed by atoms with van der Waals surface area (Å²) in [5.41, 5.74) is 2.39. The number of nitrogens with one attached hydrogen (secondary N) is 1. The van der Waals surface area contributed by atoms with E-state index in [1.54, 1.807) is 42.3 Å². The molecule has 0 spiro atoms. The van der Waals surface area contributed by atoms with Crippen LogP contribution in [0.1, 0.15) is 46.7 Å². The number of likely N-dealkylation sites (tertiary alicyclic amines) is 1. The quantitative estimate of drug-likeness (QED) is 0.245. The normalized spacial score (nSPS) is 15.8. The number of rotatable bonds is 10. The van der Waals surface area contributed by atoms with Crippen LogP contribution in [0.4, 0.5) is 5.69 Å². The molecule has 0 aliphatic carbocycles. The summed E-state index contributed by atoms with van der Waals surface area (Å²) < 4.78 is 0. The Morgan fingerprint density at radius 1 is 1.02 bits per heavy atom. The molecule has 0 radical (unpaired) electrons. The molecule has 3 aromatic carbocycles. The summed E-state index contributed by atoms with van der Waals surface area (Å²) in [5.74, 6) is -0.218. The topological polar surface area (TPSA) is 72.9 Å². The van der Waals surface area contributed by atoms with Gasteiger partial charge in [-0.25, -0.2) is 0 Å². The average molecular weight is 647 g/mol. The van der Waals surface area contributed by atoms with E-state index in [2.05, 4.69) is 26.1 Å². The molecule has 1 atom stereocenters. The maximum atomic E-state index is 13.3. The fourth-order valence-electron chi connectivity index (χ4n) is 5.18. The lowest BCUT2D eigenvalue weighted by Gasteiger charge is -2.39. The summed E-state index contributed by atoms with van der Waals surface area (Å²) in [6, 6.07) is 22.5. The second-order valence-electron chi connectivity index (χ2n) is 10.3. The molecule has 0 bridgehead atoms. The van der Waals surface area contributed by atoms with Crippen LogP contribution in [-0.4, -0.2) is 65.3 Å². The minimum absolute atomic E-state index is 0.0381. The number of anilines is 1. The first-order valence-electron chi connectivity index (χ1n) is 13.3. The van der Waals surface area contributed by atoms with E-state index >= 15 is 0 Å². The second kappa shape index (κ2) is 14.0. The number of alkyl halides is 1. The molecule has 1 heterocycles. The molecule has 1 aliphatic rings. The van der Waals surface area contributed by atoms with E-state index in [-0.39, 0.29) is 23.1 Å². The number of aliphatic hydroxyl groups is 1. The first kappa shape index (κ1) is 30.5. The zero-order valence-electron chi connectivity index (χ0n) is 22.5. The van der Waals surface area contributed by atoms with Gasteiger partial charge in [0.05, 0.1) is 21.0 Å². The number of carbonyl (C=O) groups excluding carboxylic acids is 2. The van der Waals surface area contributed by atoms with Crippen molar-refractivity contribution >= 4 is 56.6 Å². The molecule has 9 heteroatoms. The molecular weight excluding hydrogens is 613 g/mol. The van der Waals surface area contributed by atoms with E-state index < -0.39 is 5.60 Å². The third-order valence-corrected chi connectivity index (χ3v) is 8.83. The van der Waals surface area contributed by atoms with Crippen LogP contribution in [0.2, 0.25) is 10.0 Å². The Kier molecular flexibility index (Phi) is 10.7. The zero-order chi connectivity index (χ0) is 28.7. The molecule has 1 saturated heterocycles. The highest BCUT2D eigenvalue weighted by molar-refractivity contribution is 9.09. The van der Waals surface area contributed by atoms with E-state index in [0.29, 0.717) is 40.7 Å². The van der Waals surface area contributed by atoms with Crippen molar-refractivity contribution in [3.8, 4) is 0 Å². The van der Waals surface area contributed by atoms with Crippen molar-refractivity contribution in [3.05, 3.63) is 99.5 Å². The average Bonchev–Trinajstić information content (AvgIpc) is 2.98. The van der Waals surface area contributed by atoms with E-state index in [9.17, 15) is 14.7 Å². The van der Waals surface area contributed by atoms with Crippen LogP contribution < -0.4 is 5.32 Å². The molecule has 0 saturated carbocycles. The SMILES string of the molecule is CN(C[C@H](CCN1CCC(O)(c2ccccc2)CC1)c1ccc(Cl)c(Cl)c1)C(=O)c1ccc(NC(=O)CBr)cc1. The van der Waals surface area contributed by atoms with E-state index in [1.807, 2.05) is 42.5 Å². The number of hydrogen-bond acceptors (Lipinski definition) is 4. The van der Waals surface area contributed by atoms with Crippen LogP contribution in [0.15, 0.2) is 72.8 Å².